The van der Waals surface area contributed by atoms with Crippen molar-refractivity contribution < 1.29 is 4.79 Å². The van der Waals surface area contributed by atoms with Crippen LogP contribution in [0.3, 0.4) is 0 Å². The Morgan fingerprint density at radius 3 is 2.82 bits per heavy atom. The maximum Gasteiger partial charge on any atom is 0.239 e. The smallest absolute Gasteiger partial charge is 0.239 e. The molecule has 116 valence electrons. The summed E-state index contributed by atoms with van der Waals surface area (Å²) in [7, 11) is 0. The Kier molecular flexibility index (Phi) is 4.24. The molecule has 3 rings (SSSR count). The van der Waals surface area contributed by atoms with Crippen molar-refractivity contribution in [2.24, 2.45) is 5.73 Å². The fourth-order valence-electron chi connectivity index (χ4n) is 3.08. The normalized spacial score (nSPS) is 16.8. The van der Waals surface area contributed by atoms with Gasteiger partial charge in [0.2, 0.25) is 5.91 Å². The molecule has 1 aromatic heterocycles. The first-order chi connectivity index (χ1) is 10.6. The van der Waals surface area contributed by atoms with Crippen LogP contribution in [0.1, 0.15) is 31.4 Å². The van der Waals surface area contributed by atoms with Gasteiger partial charge in [-0.3, -0.25) is 14.4 Å². The van der Waals surface area contributed by atoms with Crippen LogP contribution >= 0.6 is 0 Å². The lowest BCUT2D eigenvalue weighted by molar-refractivity contribution is -0.118. The lowest BCUT2D eigenvalue weighted by atomic mass is 10.0. The van der Waals surface area contributed by atoms with Gasteiger partial charge in [0.05, 0.1) is 6.20 Å². The molecule has 1 aliphatic rings. The number of benzene rings is 1. The first kappa shape index (κ1) is 14.8. The number of carbonyl (C=O) groups excluding carboxylic acids is 1. The number of hydrogen-bond donors (Lipinski definition) is 1. The molecule has 0 spiro atoms. The monoisotopic (exact) mass is 298 g/mol. The van der Waals surface area contributed by atoms with Crippen LogP contribution in [0, 0.1) is 0 Å². The summed E-state index contributed by atoms with van der Waals surface area (Å²) in [5, 5.41) is 4.19. The Balaban J connectivity index is 1.81. The summed E-state index contributed by atoms with van der Waals surface area (Å²) in [5.74, 6) is -0.383. The third kappa shape index (κ3) is 3.20. The Morgan fingerprint density at radius 2 is 2.09 bits per heavy atom. The van der Waals surface area contributed by atoms with E-state index < -0.39 is 0 Å². The summed E-state index contributed by atoms with van der Waals surface area (Å²) >= 11 is 0. The van der Waals surface area contributed by atoms with Crippen LogP contribution in [-0.4, -0.2) is 33.7 Å². The molecule has 1 amide bonds. The molecule has 0 saturated carbocycles. The molecule has 0 bridgehead atoms. The van der Waals surface area contributed by atoms with Crippen molar-refractivity contribution >= 4 is 5.91 Å². The molecule has 1 aliphatic heterocycles. The lowest BCUT2D eigenvalue weighted by Gasteiger charge is -2.24. The van der Waals surface area contributed by atoms with Crippen LogP contribution in [-0.2, 0) is 11.3 Å². The molecule has 5 heteroatoms. The number of rotatable bonds is 5. The van der Waals surface area contributed by atoms with Gasteiger partial charge in [0.25, 0.3) is 0 Å². The van der Waals surface area contributed by atoms with Crippen molar-refractivity contribution in [2.45, 2.75) is 32.4 Å². The zero-order valence-corrected chi connectivity index (χ0v) is 12.9. The van der Waals surface area contributed by atoms with E-state index in [1.165, 1.54) is 31.5 Å². The number of hydrogen-bond acceptors (Lipinski definition) is 3. The highest BCUT2D eigenvalue weighted by atomic mass is 16.1. The van der Waals surface area contributed by atoms with Crippen molar-refractivity contribution in [2.75, 3.05) is 13.1 Å². The van der Waals surface area contributed by atoms with Crippen molar-refractivity contribution in [3.63, 3.8) is 0 Å². The van der Waals surface area contributed by atoms with Gasteiger partial charge in [-0.05, 0) is 50.0 Å². The van der Waals surface area contributed by atoms with Crippen LogP contribution < -0.4 is 5.73 Å². The second-order valence-corrected chi connectivity index (χ2v) is 5.94. The van der Waals surface area contributed by atoms with E-state index in [2.05, 4.69) is 41.2 Å². The lowest BCUT2D eigenvalue weighted by Crippen LogP contribution is -2.23. The molecule has 5 nitrogen and oxygen atoms in total. The van der Waals surface area contributed by atoms with Gasteiger partial charge in [0, 0.05) is 17.8 Å². The standard InChI is InChI=1S/C17H22N4O/c1-13(20-7-2-3-8-20)14-5-4-6-15(9-14)16-10-19-21(11-16)12-17(18)22/h4-6,9-11,13H,2-3,7-8,12H2,1H3,(H2,18,22). The number of likely N-dealkylation sites (tertiary alicyclic amines) is 1. The number of nitrogens with two attached hydrogens (primary N) is 1. The third-order valence-electron chi connectivity index (χ3n) is 4.34. The minimum atomic E-state index is -0.383. The minimum absolute atomic E-state index is 0.115. The van der Waals surface area contributed by atoms with Crippen LogP contribution in [0.5, 0.6) is 0 Å². The van der Waals surface area contributed by atoms with E-state index in [1.807, 2.05) is 6.20 Å². The van der Waals surface area contributed by atoms with Gasteiger partial charge in [-0.25, -0.2) is 0 Å². The Hall–Kier alpha value is -2.14. The van der Waals surface area contributed by atoms with E-state index in [4.69, 9.17) is 5.73 Å². The fraction of sp³-hybridized carbons (Fsp3) is 0.412. The molecule has 1 fully saturated rings. The largest absolute Gasteiger partial charge is 0.368 e. The van der Waals surface area contributed by atoms with Crippen molar-refractivity contribution in [1.29, 1.82) is 0 Å². The van der Waals surface area contributed by atoms with Crippen molar-refractivity contribution in [3.8, 4) is 11.1 Å². The van der Waals surface area contributed by atoms with Crippen LogP contribution in [0.25, 0.3) is 11.1 Å². The van der Waals surface area contributed by atoms with E-state index in [1.54, 1.807) is 10.9 Å². The highest BCUT2D eigenvalue weighted by Crippen LogP contribution is 2.28. The first-order valence-electron chi connectivity index (χ1n) is 7.78. The molecular formula is C17H22N4O. The molecule has 1 atom stereocenters. The van der Waals surface area contributed by atoms with Gasteiger partial charge in [0.15, 0.2) is 0 Å². The molecule has 1 aromatic carbocycles. The number of nitrogens with zero attached hydrogens (tertiary/aromatic N) is 3. The SMILES string of the molecule is CC(c1cccc(-c2cnn(CC(N)=O)c2)c1)N1CCCC1. The minimum Gasteiger partial charge on any atom is -0.368 e. The first-order valence-corrected chi connectivity index (χ1v) is 7.78. The maximum atomic E-state index is 11.0. The number of carbonyl (C=O) groups is 1. The second kappa shape index (κ2) is 6.32. The van der Waals surface area contributed by atoms with E-state index in [9.17, 15) is 4.79 Å². The second-order valence-electron chi connectivity index (χ2n) is 5.94. The predicted octanol–water partition coefficient (Wildman–Crippen LogP) is 2.19. The average molecular weight is 298 g/mol. The zero-order valence-electron chi connectivity index (χ0n) is 12.9. The van der Waals surface area contributed by atoms with Crippen molar-refractivity contribution in [3.05, 3.63) is 42.2 Å². The Morgan fingerprint density at radius 1 is 1.32 bits per heavy atom. The maximum absolute atomic E-state index is 11.0. The van der Waals surface area contributed by atoms with Gasteiger partial charge in [0.1, 0.15) is 6.54 Å². The molecule has 22 heavy (non-hydrogen) atoms. The van der Waals surface area contributed by atoms with Crippen LogP contribution in [0.2, 0.25) is 0 Å². The summed E-state index contributed by atoms with van der Waals surface area (Å²) in [6.45, 7) is 4.74. The van der Waals surface area contributed by atoms with E-state index in [-0.39, 0.29) is 12.5 Å². The van der Waals surface area contributed by atoms with Gasteiger partial charge in [-0.1, -0.05) is 18.2 Å². The van der Waals surface area contributed by atoms with E-state index >= 15 is 0 Å². The molecule has 0 aliphatic carbocycles. The molecular weight excluding hydrogens is 276 g/mol. The molecule has 0 radical (unpaired) electrons. The number of amides is 1. The van der Waals surface area contributed by atoms with E-state index in [0.29, 0.717) is 6.04 Å². The summed E-state index contributed by atoms with van der Waals surface area (Å²) in [6, 6.07) is 8.99. The summed E-state index contributed by atoms with van der Waals surface area (Å²) < 4.78 is 1.58. The number of primary amides is 1. The Bertz CT molecular complexity index is 658. The molecule has 1 unspecified atom stereocenters. The average Bonchev–Trinajstić information content (AvgIpc) is 3.17. The zero-order chi connectivity index (χ0) is 15.5. The van der Waals surface area contributed by atoms with Crippen molar-refractivity contribution in [1.82, 2.24) is 14.7 Å². The van der Waals surface area contributed by atoms with Crippen LogP contribution in [0.15, 0.2) is 36.7 Å². The number of aromatic nitrogens is 2. The highest BCUT2D eigenvalue weighted by molar-refractivity contribution is 5.73. The molecule has 2 N–H and O–H groups in total. The third-order valence-corrected chi connectivity index (χ3v) is 4.34. The molecule has 2 heterocycles. The quantitative estimate of drug-likeness (QED) is 0.920. The van der Waals surface area contributed by atoms with Gasteiger partial charge in [-0.15, -0.1) is 0 Å². The summed E-state index contributed by atoms with van der Waals surface area (Å²) in [6.07, 6.45) is 6.24. The molecule has 2 aromatic rings. The molecule has 1 saturated heterocycles. The topological polar surface area (TPSA) is 64.2 Å². The summed E-state index contributed by atoms with van der Waals surface area (Å²) in [4.78, 5) is 13.5. The van der Waals surface area contributed by atoms with E-state index in [0.717, 1.165) is 11.1 Å². The Labute approximate surface area is 130 Å². The van der Waals surface area contributed by atoms with Gasteiger partial charge < -0.3 is 5.73 Å². The van der Waals surface area contributed by atoms with Gasteiger partial charge in [-0.2, -0.15) is 5.10 Å². The predicted molar refractivity (Wildman–Crippen MR) is 86.1 cm³/mol. The van der Waals surface area contributed by atoms with Gasteiger partial charge >= 0.3 is 0 Å². The fourth-order valence-corrected chi connectivity index (χ4v) is 3.08. The highest BCUT2D eigenvalue weighted by Gasteiger charge is 2.19. The van der Waals surface area contributed by atoms with Crippen LogP contribution in [0.4, 0.5) is 0 Å². The summed E-state index contributed by atoms with van der Waals surface area (Å²) in [5.41, 5.74) is 8.66.